The van der Waals surface area contributed by atoms with E-state index in [0.29, 0.717) is 17.0 Å². The lowest BCUT2D eigenvalue weighted by molar-refractivity contribution is -0.292. The minimum Gasteiger partial charge on any atom is -0.493 e. The molecule has 0 radical (unpaired) electrons. The monoisotopic (exact) mass is 434 g/mol. The van der Waals surface area contributed by atoms with E-state index >= 15 is 0 Å². The molecule has 0 saturated carbocycles. The van der Waals surface area contributed by atoms with Crippen molar-refractivity contribution in [3.63, 3.8) is 0 Å². The maximum atomic E-state index is 10.4. The number of methoxy groups -OCH3 is 1. The molecular formula is C23H27ClO6. The molecule has 0 aromatic heterocycles. The van der Waals surface area contributed by atoms with Crippen molar-refractivity contribution in [3.8, 4) is 5.75 Å². The first-order valence-corrected chi connectivity index (χ1v) is 10.6. The summed E-state index contributed by atoms with van der Waals surface area (Å²) < 4.78 is 16.6. The van der Waals surface area contributed by atoms with Gasteiger partial charge in [0.05, 0.1) is 6.61 Å². The Labute approximate surface area is 181 Å². The normalized spacial score (nSPS) is 29.0. The summed E-state index contributed by atoms with van der Waals surface area (Å²) in [6, 6.07) is 11.6. The predicted octanol–water partition coefficient (Wildman–Crippen LogP) is 2.77. The molecule has 2 aromatic rings. The molecule has 2 aliphatic rings. The van der Waals surface area contributed by atoms with Crippen molar-refractivity contribution in [1.82, 2.24) is 0 Å². The van der Waals surface area contributed by atoms with Crippen molar-refractivity contribution in [2.75, 3.05) is 13.7 Å². The number of hydrogen-bond donors (Lipinski definition) is 3. The molecule has 0 amide bonds. The number of fused-ring (bicyclic) bond motifs is 1. The second kappa shape index (κ2) is 9.22. The maximum Gasteiger partial charge on any atom is 0.186 e. The van der Waals surface area contributed by atoms with Crippen LogP contribution in [0.4, 0.5) is 0 Å². The van der Waals surface area contributed by atoms with E-state index < -0.39 is 30.7 Å². The highest BCUT2D eigenvalue weighted by Gasteiger charge is 2.44. The molecule has 1 fully saturated rings. The fraction of sp³-hybridized carbons (Fsp3) is 0.478. The maximum absolute atomic E-state index is 10.4. The summed E-state index contributed by atoms with van der Waals surface area (Å²) in [6.07, 6.45) is -2.08. The fourth-order valence-corrected chi connectivity index (χ4v) is 4.31. The Morgan fingerprint density at radius 1 is 1.03 bits per heavy atom. The van der Waals surface area contributed by atoms with Gasteiger partial charge >= 0.3 is 0 Å². The van der Waals surface area contributed by atoms with Crippen LogP contribution in [0.3, 0.4) is 0 Å². The molecule has 0 aliphatic carbocycles. The number of hydrogen-bond acceptors (Lipinski definition) is 6. The van der Waals surface area contributed by atoms with Crippen LogP contribution in [0.15, 0.2) is 36.4 Å². The summed E-state index contributed by atoms with van der Waals surface area (Å²) in [5, 5.41) is 31.2. The first kappa shape index (κ1) is 21.6. The van der Waals surface area contributed by atoms with Crippen LogP contribution in [0.5, 0.6) is 5.75 Å². The Hall–Kier alpha value is -1.67. The van der Waals surface area contributed by atoms with E-state index in [2.05, 4.69) is 6.07 Å². The molecule has 6 nitrogen and oxygen atoms in total. The number of aryl methyl sites for hydroxylation is 1. The minimum absolute atomic E-state index is 0.610. The van der Waals surface area contributed by atoms with E-state index in [-0.39, 0.29) is 0 Å². The molecule has 0 bridgehead atoms. The van der Waals surface area contributed by atoms with Gasteiger partial charge in [0.25, 0.3) is 0 Å². The summed E-state index contributed by atoms with van der Waals surface area (Å²) in [5.74, 6) is 0.952. The Kier molecular flexibility index (Phi) is 6.63. The molecule has 30 heavy (non-hydrogen) atoms. The molecule has 2 aliphatic heterocycles. The second-order valence-electron chi connectivity index (χ2n) is 7.91. The number of ether oxygens (including phenoxy) is 3. The van der Waals surface area contributed by atoms with Crippen LogP contribution >= 0.6 is 11.6 Å². The van der Waals surface area contributed by atoms with E-state index in [1.807, 2.05) is 18.2 Å². The van der Waals surface area contributed by atoms with Gasteiger partial charge in [-0.25, -0.2) is 0 Å². The number of benzene rings is 2. The Bertz CT molecular complexity index is 886. The van der Waals surface area contributed by atoms with Crippen molar-refractivity contribution < 1.29 is 29.5 Å². The van der Waals surface area contributed by atoms with E-state index in [9.17, 15) is 15.3 Å². The van der Waals surface area contributed by atoms with E-state index in [4.69, 9.17) is 25.8 Å². The summed E-state index contributed by atoms with van der Waals surface area (Å²) in [6.45, 7) is 0.757. The highest BCUT2D eigenvalue weighted by Crippen LogP contribution is 2.35. The van der Waals surface area contributed by atoms with Gasteiger partial charge in [0, 0.05) is 12.1 Å². The zero-order valence-electron chi connectivity index (χ0n) is 16.8. The number of aliphatic hydroxyl groups excluding tert-OH is 3. The van der Waals surface area contributed by atoms with Crippen LogP contribution in [0.25, 0.3) is 0 Å². The van der Waals surface area contributed by atoms with Crippen molar-refractivity contribution >= 4 is 11.6 Å². The second-order valence-corrected chi connectivity index (χ2v) is 8.32. The van der Waals surface area contributed by atoms with Crippen LogP contribution in [0, 0.1) is 0 Å². The molecule has 2 aromatic carbocycles. The molecule has 0 spiro atoms. The molecule has 3 N–H and O–H groups in total. The van der Waals surface area contributed by atoms with Gasteiger partial charge in [-0.1, -0.05) is 35.9 Å². The zero-order valence-corrected chi connectivity index (χ0v) is 17.6. The van der Waals surface area contributed by atoms with Crippen molar-refractivity contribution in [1.29, 1.82) is 0 Å². The average molecular weight is 435 g/mol. The lowest BCUT2D eigenvalue weighted by Crippen LogP contribution is -2.54. The summed E-state index contributed by atoms with van der Waals surface area (Å²) >= 11 is 6.46. The summed E-state index contributed by atoms with van der Waals surface area (Å²) in [7, 11) is 1.38. The third kappa shape index (κ3) is 4.35. The third-order valence-electron chi connectivity index (χ3n) is 5.82. The number of rotatable bonds is 4. The van der Waals surface area contributed by atoms with Gasteiger partial charge in [-0.15, -0.1) is 0 Å². The van der Waals surface area contributed by atoms with Crippen LogP contribution in [-0.4, -0.2) is 53.6 Å². The molecule has 2 heterocycles. The van der Waals surface area contributed by atoms with Crippen molar-refractivity contribution in [2.45, 2.75) is 56.4 Å². The van der Waals surface area contributed by atoms with Crippen LogP contribution in [0.1, 0.15) is 41.2 Å². The van der Waals surface area contributed by atoms with Gasteiger partial charge in [-0.05, 0) is 60.1 Å². The first-order valence-electron chi connectivity index (χ1n) is 10.2. The lowest BCUT2D eigenvalue weighted by Gasteiger charge is -2.40. The molecule has 5 atom stereocenters. The Balaban J connectivity index is 1.59. The van der Waals surface area contributed by atoms with Gasteiger partial charge in [0.15, 0.2) is 6.29 Å². The Morgan fingerprint density at radius 2 is 1.87 bits per heavy atom. The van der Waals surface area contributed by atoms with Crippen molar-refractivity contribution in [3.05, 3.63) is 63.7 Å². The van der Waals surface area contributed by atoms with Gasteiger partial charge < -0.3 is 29.5 Å². The lowest BCUT2D eigenvalue weighted by atomic mass is 9.92. The van der Waals surface area contributed by atoms with Gasteiger partial charge in [0.1, 0.15) is 30.2 Å². The molecule has 0 unspecified atom stereocenters. The van der Waals surface area contributed by atoms with E-state index in [1.54, 1.807) is 12.1 Å². The van der Waals surface area contributed by atoms with Crippen LogP contribution < -0.4 is 4.74 Å². The third-order valence-corrected chi connectivity index (χ3v) is 6.19. The SMILES string of the molecule is CO[C@H]1O[C@@H](c2ccc(Cl)c(Cc3ccc4c(c3)CCCCO4)c2)[C@H](O)[C@@H](O)[C@@H]1O. The summed E-state index contributed by atoms with van der Waals surface area (Å²) in [5.41, 5.74) is 3.87. The molecule has 162 valence electrons. The van der Waals surface area contributed by atoms with Crippen molar-refractivity contribution in [2.24, 2.45) is 0 Å². The van der Waals surface area contributed by atoms with E-state index in [0.717, 1.165) is 42.7 Å². The largest absolute Gasteiger partial charge is 0.493 e. The van der Waals surface area contributed by atoms with E-state index in [1.165, 1.54) is 12.7 Å². The number of halogens is 1. The summed E-state index contributed by atoms with van der Waals surface area (Å²) in [4.78, 5) is 0. The molecular weight excluding hydrogens is 408 g/mol. The minimum atomic E-state index is -1.38. The molecule has 1 saturated heterocycles. The number of aliphatic hydroxyl groups is 3. The average Bonchev–Trinajstić information content (AvgIpc) is 2.99. The quantitative estimate of drug-likeness (QED) is 0.685. The van der Waals surface area contributed by atoms with Gasteiger partial charge in [-0.2, -0.15) is 0 Å². The fourth-order valence-electron chi connectivity index (χ4n) is 4.12. The van der Waals surface area contributed by atoms with Crippen LogP contribution in [-0.2, 0) is 22.3 Å². The Morgan fingerprint density at radius 3 is 2.67 bits per heavy atom. The molecule has 7 heteroatoms. The highest BCUT2D eigenvalue weighted by molar-refractivity contribution is 6.31. The smallest absolute Gasteiger partial charge is 0.186 e. The highest BCUT2D eigenvalue weighted by atomic mass is 35.5. The topological polar surface area (TPSA) is 88.4 Å². The first-order chi connectivity index (χ1) is 14.5. The standard InChI is InChI=1S/C23H27ClO6/c1-28-23-21(27)19(25)20(26)22(30-23)15-6-7-17(24)16(12-15)11-13-5-8-18-14(10-13)4-2-3-9-29-18/h5-8,10,12,19-23,25-27H,2-4,9,11H2,1H3/t19-,20-,21+,22+,23+/m1/s1. The molecule has 4 rings (SSSR count). The van der Waals surface area contributed by atoms with Crippen LogP contribution in [0.2, 0.25) is 5.02 Å². The zero-order chi connectivity index (χ0) is 21.3. The van der Waals surface area contributed by atoms with Gasteiger partial charge in [0.2, 0.25) is 0 Å². The predicted molar refractivity (Wildman–Crippen MR) is 112 cm³/mol. The van der Waals surface area contributed by atoms with Gasteiger partial charge in [-0.3, -0.25) is 0 Å².